The molecular formula is C15H20BrNOS. The molecule has 19 heavy (non-hydrogen) atoms. The van der Waals surface area contributed by atoms with Gasteiger partial charge in [0, 0.05) is 28.6 Å². The largest absolute Gasteiger partial charge is 0.381 e. The molecule has 2 unspecified atom stereocenters. The highest BCUT2D eigenvalue weighted by atomic mass is 79.9. The molecule has 0 bridgehead atoms. The Balaban J connectivity index is 1.71. The molecule has 2 aliphatic heterocycles. The number of thioether (sulfide) groups is 1. The van der Waals surface area contributed by atoms with Crippen LogP contribution >= 0.6 is 27.7 Å². The number of aryl methyl sites for hydroxylation is 1. The van der Waals surface area contributed by atoms with Crippen LogP contribution in [0.4, 0.5) is 5.69 Å². The number of nitrogens with one attached hydrogen (secondary N) is 1. The molecule has 4 heteroatoms. The first-order valence-corrected chi connectivity index (χ1v) is 8.87. The Morgan fingerprint density at radius 2 is 2.37 bits per heavy atom. The molecule has 2 saturated heterocycles. The third-order valence-corrected chi connectivity index (χ3v) is 6.39. The third-order valence-electron chi connectivity index (χ3n) is 4.11. The lowest BCUT2D eigenvalue weighted by molar-refractivity contribution is -0.0628. The van der Waals surface area contributed by atoms with Gasteiger partial charge in [-0.1, -0.05) is 12.1 Å². The zero-order valence-electron chi connectivity index (χ0n) is 11.2. The highest BCUT2D eigenvalue weighted by Crippen LogP contribution is 2.39. The van der Waals surface area contributed by atoms with Gasteiger partial charge in [-0.3, -0.25) is 0 Å². The van der Waals surface area contributed by atoms with E-state index in [-0.39, 0.29) is 5.60 Å². The van der Waals surface area contributed by atoms with E-state index in [4.69, 9.17) is 4.74 Å². The van der Waals surface area contributed by atoms with Gasteiger partial charge in [0.1, 0.15) is 0 Å². The first kappa shape index (κ1) is 13.8. The molecule has 1 aromatic rings. The average molecular weight is 342 g/mol. The molecule has 2 heterocycles. The molecule has 1 aromatic carbocycles. The number of hydrogen-bond acceptors (Lipinski definition) is 3. The van der Waals surface area contributed by atoms with Crippen molar-refractivity contribution in [1.82, 2.24) is 0 Å². The number of halogens is 1. The molecule has 3 rings (SSSR count). The number of anilines is 1. The predicted octanol–water partition coefficient (Wildman–Crippen LogP) is 4.22. The minimum absolute atomic E-state index is 0.150. The number of hydrogen-bond donors (Lipinski definition) is 1. The van der Waals surface area contributed by atoms with Crippen LogP contribution in [0, 0.1) is 6.92 Å². The molecule has 0 aromatic heterocycles. The Kier molecular flexibility index (Phi) is 4.11. The summed E-state index contributed by atoms with van der Waals surface area (Å²) in [6.45, 7) is 3.02. The van der Waals surface area contributed by atoms with Crippen LogP contribution in [0.3, 0.4) is 0 Å². The van der Waals surface area contributed by atoms with Crippen LogP contribution in [-0.4, -0.2) is 29.8 Å². The molecule has 0 amide bonds. The Morgan fingerprint density at radius 3 is 3.16 bits per heavy atom. The summed E-state index contributed by atoms with van der Waals surface area (Å²) in [5.74, 6) is 2.42. The SMILES string of the molecule is Cc1cccc(NC2CCOC3(CCSC3)C2)c1Br. The highest BCUT2D eigenvalue weighted by molar-refractivity contribution is 9.10. The molecule has 2 atom stereocenters. The normalized spacial score (nSPS) is 30.7. The molecule has 0 aliphatic carbocycles. The summed E-state index contributed by atoms with van der Waals surface area (Å²) in [6, 6.07) is 6.94. The molecule has 2 aliphatic rings. The van der Waals surface area contributed by atoms with Crippen LogP contribution in [0.15, 0.2) is 22.7 Å². The molecular weight excluding hydrogens is 322 g/mol. The molecule has 0 radical (unpaired) electrons. The maximum atomic E-state index is 6.08. The third kappa shape index (κ3) is 2.96. The van der Waals surface area contributed by atoms with Crippen molar-refractivity contribution in [2.24, 2.45) is 0 Å². The molecule has 104 valence electrons. The van der Waals surface area contributed by atoms with Gasteiger partial charge in [0.15, 0.2) is 0 Å². The van der Waals surface area contributed by atoms with E-state index in [1.807, 2.05) is 11.8 Å². The van der Waals surface area contributed by atoms with E-state index < -0.39 is 0 Å². The van der Waals surface area contributed by atoms with Crippen LogP contribution < -0.4 is 5.32 Å². The molecule has 1 N–H and O–H groups in total. The quantitative estimate of drug-likeness (QED) is 0.869. The second kappa shape index (κ2) is 5.66. The van der Waals surface area contributed by atoms with Gasteiger partial charge in [-0.25, -0.2) is 0 Å². The smallest absolute Gasteiger partial charge is 0.0799 e. The zero-order chi connectivity index (χ0) is 13.3. The topological polar surface area (TPSA) is 21.3 Å². The lowest BCUT2D eigenvalue weighted by Gasteiger charge is -2.38. The fourth-order valence-corrected chi connectivity index (χ4v) is 4.75. The van der Waals surface area contributed by atoms with Crippen LogP contribution in [0.1, 0.15) is 24.8 Å². The Labute approximate surface area is 127 Å². The van der Waals surface area contributed by atoms with E-state index in [1.165, 1.54) is 33.7 Å². The van der Waals surface area contributed by atoms with Crippen molar-refractivity contribution in [2.45, 2.75) is 37.8 Å². The van der Waals surface area contributed by atoms with Crippen molar-refractivity contribution in [3.63, 3.8) is 0 Å². The van der Waals surface area contributed by atoms with Gasteiger partial charge < -0.3 is 10.1 Å². The van der Waals surface area contributed by atoms with Crippen LogP contribution in [0.2, 0.25) is 0 Å². The highest BCUT2D eigenvalue weighted by Gasteiger charge is 2.40. The summed E-state index contributed by atoms with van der Waals surface area (Å²) in [6.07, 6.45) is 3.46. The first-order chi connectivity index (χ1) is 9.19. The van der Waals surface area contributed by atoms with Crippen LogP contribution in [0.25, 0.3) is 0 Å². The monoisotopic (exact) mass is 341 g/mol. The maximum Gasteiger partial charge on any atom is 0.0799 e. The number of benzene rings is 1. The molecule has 2 fully saturated rings. The van der Waals surface area contributed by atoms with E-state index in [9.17, 15) is 0 Å². The van der Waals surface area contributed by atoms with Crippen molar-refractivity contribution in [1.29, 1.82) is 0 Å². The summed E-state index contributed by atoms with van der Waals surface area (Å²) in [7, 11) is 0. The second-order valence-corrected chi connectivity index (χ2v) is 7.50. The van der Waals surface area contributed by atoms with Crippen molar-refractivity contribution < 1.29 is 4.74 Å². The van der Waals surface area contributed by atoms with Gasteiger partial charge in [-0.05, 0) is 59.5 Å². The van der Waals surface area contributed by atoms with E-state index in [0.717, 1.165) is 19.4 Å². The standard InChI is InChI=1S/C15H20BrNOS/c1-11-3-2-4-13(14(11)16)17-12-5-7-18-15(9-12)6-8-19-10-15/h2-4,12,17H,5-10H2,1H3. The van der Waals surface area contributed by atoms with Crippen molar-refractivity contribution >= 4 is 33.4 Å². The van der Waals surface area contributed by atoms with E-state index >= 15 is 0 Å². The average Bonchev–Trinajstić information content (AvgIpc) is 2.83. The summed E-state index contributed by atoms with van der Waals surface area (Å²) < 4.78 is 7.27. The van der Waals surface area contributed by atoms with Gasteiger partial charge in [0.25, 0.3) is 0 Å². The van der Waals surface area contributed by atoms with Gasteiger partial charge in [0.2, 0.25) is 0 Å². The Morgan fingerprint density at radius 1 is 1.47 bits per heavy atom. The fraction of sp³-hybridized carbons (Fsp3) is 0.600. The van der Waals surface area contributed by atoms with E-state index in [0.29, 0.717) is 6.04 Å². The molecule has 2 nitrogen and oxygen atoms in total. The van der Waals surface area contributed by atoms with Crippen molar-refractivity contribution in [2.75, 3.05) is 23.4 Å². The molecule has 1 spiro atoms. The minimum Gasteiger partial charge on any atom is -0.381 e. The lowest BCUT2D eigenvalue weighted by Crippen LogP contribution is -2.44. The number of rotatable bonds is 2. The Hall–Kier alpha value is -0.190. The van der Waals surface area contributed by atoms with E-state index in [2.05, 4.69) is 46.4 Å². The second-order valence-electron chi connectivity index (χ2n) is 5.60. The summed E-state index contributed by atoms with van der Waals surface area (Å²) >= 11 is 5.72. The minimum atomic E-state index is 0.150. The Bertz CT molecular complexity index is 459. The van der Waals surface area contributed by atoms with Gasteiger partial charge in [0.05, 0.1) is 5.60 Å². The molecule has 0 saturated carbocycles. The zero-order valence-corrected chi connectivity index (χ0v) is 13.6. The van der Waals surface area contributed by atoms with E-state index in [1.54, 1.807) is 0 Å². The van der Waals surface area contributed by atoms with Gasteiger partial charge in [-0.2, -0.15) is 11.8 Å². The number of ether oxygens (including phenoxy) is 1. The summed E-state index contributed by atoms with van der Waals surface area (Å²) in [4.78, 5) is 0. The lowest BCUT2D eigenvalue weighted by atomic mass is 9.89. The van der Waals surface area contributed by atoms with Crippen molar-refractivity contribution in [3.8, 4) is 0 Å². The van der Waals surface area contributed by atoms with Gasteiger partial charge in [-0.15, -0.1) is 0 Å². The first-order valence-electron chi connectivity index (χ1n) is 6.92. The summed E-state index contributed by atoms with van der Waals surface area (Å²) in [5, 5.41) is 3.70. The maximum absolute atomic E-state index is 6.08. The van der Waals surface area contributed by atoms with Crippen molar-refractivity contribution in [3.05, 3.63) is 28.2 Å². The summed E-state index contributed by atoms with van der Waals surface area (Å²) in [5.41, 5.74) is 2.65. The van der Waals surface area contributed by atoms with Crippen LogP contribution in [0.5, 0.6) is 0 Å². The van der Waals surface area contributed by atoms with Crippen LogP contribution in [-0.2, 0) is 4.74 Å². The van der Waals surface area contributed by atoms with Gasteiger partial charge >= 0.3 is 0 Å². The predicted molar refractivity (Wildman–Crippen MR) is 86.1 cm³/mol. The fourth-order valence-electron chi connectivity index (χ4n) is 2.99.